The van der Waals surface area contributed by atoms with Crippen molar-refractivity contribution in [3.63, 3.8) is 0 Å². The van der Waals surface area contributed by atoms with Gasteiger partial charge < -0.3 is 4.74 Å². The number of allylic oxidation sites excluding steroid dienone is 4. The molecule has 3 nitrogen and oxygen atoms in total. The van der Waals surface area contributed by atoms with Crippen LogP contribution < -0.4 is 0 Å². The van der Waals surface area contributed by atoms with E-state index in [4.69, 9.17) is 9.73 Å². The largest absolute Gasteiger partial charge is 0.381 e. The Morgan fingerprint density at radius 3 is 2.69 bits per heavy atom. The summed E-state index contributed by atoms with van der Waals surface area (Å²) in [5.74, 6) is 3.59. The Balaban J connectivity index is 0.00000154. The number of carbonyl (C=O) groups excluding carboxylic acids is 1. The first kappa shape index (κ1) is 28.5. The fourth-order valence-electron chi connectivity index (χ4n) is 8.33. The molecule has 5 aliphatic rings. The first-order chi connectivity index (χ1) is 18.6. The minimum absolute atomic E-state index is 0. The van der Waals surface area contributed by atoms with E-state index >= 15 is 0 Å². The maximum Gasteiger partial charge on any atom is 0.133 e. The fourth-order valence-corrected chi connectivity index (χ4v) is 8.33. The van der Waals surface area contributed by atoms with Crippen molar-refractivity contribution >= 4 is 12.0 Å². The average molecular weight is 534 g/mol. The Morgan fingerprint density at radius 1 is 1.05 bits per heavy atom. The predicted molar refractivity (Wildman–Crippen MR) is 166 cm³/mol. The molecule has 39 heavy (non-hydrogen) atoms. The highest BCUT2D eigenvalue weighted by Gasteiger charge is 2.51. The van der Waals surface area contributed by atoms with Crippen LogP contribution in [0.15, 0.2) is 52.7 Å². The van der Waals surface area contributed by atoms with Crippen molar-refractivity contribution in [2.45, 2.75) is 110 Å². The number of aliphatic imine (C=N–C) groups is 1. The zero-order valence-electron chi connectivity index (χ0n) is 23.5. The number of aryl methyl sites for hydroxylation is 1. The van der Waals surface area contributed by atoms with E-state index in [2.05, 4.69) is 49.6 Å². The molecule has 1 saturated heterocycles. The van der Waals surface area contributed by atoms with E-state index in [0.717, 1.165) is 32.0 Å². The number of ketones is 1. The number of hydrogen-bond acceptors (Lipinski definition) is 3. The highest BCUT2D eigenvalue weighted by Crippen LogP contribution is 2.57. The molecule has 0 aromatic heterocycles. The summed E-state index contributed by atoms with van der Waals surface area (Å²) in [6, 6.07) is 9.04. The van der Waals surface area contributed by atoms with Gasteiger partial charge in [-0.3, -0.25) is 9.79 Å². The molecule has 0 N–H and O–H groups in total. The van der Waals surface area contributed by atoms with Gasteiger partial charge in [0, 0.05) is 46.7 Å². The van der Waals surface area contributed by atoms with Gasteiger partial charge in [0.25, 0.3) is 0 Å². The van der Waals surface area contributed by atoms with Gasteiger partial charge >= 0.3 is 0 Å². The summed E-state index contributed by atoms with van der Waals surface area (Å²) < 4.78 is 5.66. The third kappa shape index (κ3) is 6.34. The van der Waals surface area contributed by atoms with Crippen LogP contribution in [0.2, 0.25) is 0 Å². The monoisotopic (exact) mass is 533 g/mol. The van der Waals surface area contributed by atoms with E-state index < -0.39 is 0 Å². The SMILES string of the molecule is C.CC1C=NC(C2CCC[C@@H](CC(=O)CCc3ccccc3C3(C4CCOCC4)CC3)CC2)=C2C=CCC2C1.[HH].[HH]. The van der Waals surface area contributed by atoms with Crippen molar-refractivity contribution in [2.75, 3.05) is 13.2 Å². The third-order valence-electron chi connectivity index (χ3n) is 10.6. The van der Waals surface area contributed by atoms with Crippen LogP contribution in [0, 0.1) is 29.6 Å². The Morgan fingerprint density at radius 2 is 1.87 bits per heavy atom. The lowest BCUT2D eigenvalue weighted by molar-refractivity contribution is -0.120. The van der Waals surface area contributed by atoms with Gasteiger partial charge in [-0.1, -0.05) is 63.6 Å². The number of rotatable bonds is 8. The van der Waals surface area contributed by atoms with Crippen molar-refractivity contribution < 1.29 is 12.4 Å². The standard InChI is InChI=1S/C35H47NO2.CH4.2H2/c1-25-22-29-9-5-10-32(29)34(36-24-25)28-8-4-6-26(12-13-28)23-31(37)15-14-27-7-2-3-11-33(27)35(18-19-35)30-16-20-38-21-17-30;;;/h2-3,5,7,10-11,24-26,28-30H,4,6,8-9,12-23H2,1H3;1H4;2*1H/t25?,26-,28?,29?;;;/m1.../s1. The lowest BCUT2D eigenvalue weighted by Gasteiger charge is -2.32. The molecule has 2 aliphatic heterocycles. The molecule has 0 amide bonds. The summed E-state index contributed by atoms with van der Waals surface area (Å²) in [5, 5.41) is 0. The molecule has 0 bridgehead atoms. The minimum Gasteiger partial charge on any atom is -0.381 e. The molecular formula is C36H55NO2. The van der Waals surface area contributed by atoms with Crippen LogP contribution in [0.1, 0.15) is 112 Å². The molecule has 1 aromatic rings. The van der Waals surface area contributed by atoms with Gasteiger partial charge in [0.05, 0.1) is 0 Å². The Labute approximate surface area is 240 Å². The van der Waals surface area contributed by atoms with Crippen molar-refractivity contribution in [1.82, 2.24) is 0 Å². The zero-order chi connectivity index (χ0) is 26.0. The highest BCUT2D eigenvalue weighted by atomic mass is 16.5. The number of nitrogens with zero attached hydrogens (tertiary/aromatic N) is 1. The Kier molecular flexibility index (Phi) is 9.27. The van der Waals surface area contributed by atoms with Crippen LogP contribution in [0.5, 0.6) is 0 Å². The molecule has 1 aromatic carbocycles. The molecule has 3 aliphatic carbocycles. The Hall–Kier alpha value is -2.00. The molecule has 3 heteroatoms. The molecule has 3 fully saturated rings. The number of benzene rings is 1. The van der Waals surface area contributed by atoms with E-state index in [0.29, 0.717) is 41.3 Å². The minimum atomic E-state index is 0. The predicted octanol–water partition coefficient (Wildman–Crippen LogP) is 9.30. The average Bonchev–Trinajstić information content (AvgIpc) is 3.70. The quantitative estimate of drug-likeness (QED) is 0.312. The second-order valence-corrected chi connectivity index (χ2v) is 13.2. The van der Waals surface area contributed by atoms with Crippen LogP contribution in [0.3, 0.4) is 0 Å². The first-order valence-corrected chi connectivity index (χ1v) is 15.7. The van der Waals surface area contributed by atoms with Crippen molar-refractivity contribution in [3.05, 3.63) is 58.8 Å². The normalized spacial score (nSPS) is 30.3. The maximum absolute atomic E-state index is 13.2. The van der Waals surface area contributed by atoms with E-state index in [1.807, 2.05) is 0 Å². The summed E-state index contributed by atoms with van der Waals surface area (Å²) in [5.41, 5.74) is 6.25. The number of carbonyl (C=O) groups is 1. The van der Waals surface area contributed by atoms with Gasteiger partial charge in [0.1, 0.15) is 5.78 Å². The molecule has 3 unspecified atom stereocenters. The summed E-state index contributed by atoms with van der Waals surface area (Å²) in [6.07, 6.45) is 22.8. The third-order valence-corrected chi connectivity index (χ3v) is 10.6. The molecule has 4 atom stereocenters. The van der Waals surface area contributed by atoms with Crippen LogP contribution in [0.4, 0.5) is 0 Å². The molecule has 216 valence electrons. The topological polar surface area (TPSA) is 38.7 Å². The Bertz CT molecular complexity index is 1100. The van der Waals surface area contributed by atoms with Crippen LogP contribution in [-0.2, 0) is 21.4 Å². The van der Waals surface area contributed by atoms with E-state index in [1.54, 1.807) is 5.56 Å². The van der Waals surface area contributed by atoms with Crippen molar-refractivity contribution in [3.8, 4) is 0 Å². The van der Waals surface area contributed by atoms with E-state index in [9.17, 15) is 4.79 Å². The second-order valence-electron chi connectivity index (χ2n) is 13.2. The maximum atomic E-state index is 13.2. The second kappa shape index (κ2) is 12.7. The number of fused-ring (bicyclic) bond motifs is 1. The highest BCUT2D eigenvalue weighted by molar-refractivity contribution is 5.79. The van der Waals surface area contributed by atoms with Gasteiger partial charge in [0.2, 0.25) is 0 Å². The zero-order valence-corrected chi connectivity index (χ0v) is 23.5. The number of hydrogen-bond donors (Lipinski definition) is 0. The summed E-state index contributed by atoms with van der Waals surface area (Å²) in [7, 11) is 0. The summed E-state index contributed by atoms with van der Waals surface area (Å²) in [6.45, 7) is 4.14. The van der Waals surface area contributed by atoms with Crippen LogP contribution >= 0.6 is 0 Å². The smallest absolute Gasteiger partial charge is 0.133 e. The summed E-state index contributed by atoms with van der Waals surface area (Å²) in [4.78, 5) is 18.3. The number of ether oxygens (including phenoxy) is 1. The molecular weight excluding hydrogens is 478 g/mol. The lowest BCUT2D eigenvalue weighted by Crippen LogP contribution is -2.28. The van der Waals surface area contributed by atoms with Crippen LogP contribution in [0.25, 0.3) is 0 Å². The summed E-state index contributed by atoms with van der Waals surface area (Å²) >= 11 is 0. The number of Topliss-reactive ketones (excluding diaryl/α,β-unsaturated/α-hetero) is 1. The van der Waals surface area contributed by atoms with Gasteiger partial charge in [-0.25, -0.2) is 0 Å². The fraction of sp³-hybridized carbons (Fsp3) is 0.667. The molecule has 6 rings (SSSR count). The van der Waals surface area contributed by atoms with Crippen molar-refractivity contribution in [1.29, 1.82) is 0 Å². The van der Waals surface area contributed by atoms with Crippen molar-refractivity contribution in [2.24, 2.45) is 34.6 Å². The van der Waals surface area contributed by atoms with E-state index in [-0.39, 0.29) is 10.3 Å². The van der Waals surface area contributed by atoms with Gasteiger partial charge in [0.15, 0.2) is 0 Å². The molecule has 2 saturated carbocycles. The van der Waals surface area contributed by atoms with Crippen LogP contribution in [-0.4, -0.2) is 25.2 Å². The van der Waals surface area contributed by atoms with Gasteiger partial charge in [-0.2, -0.15) is 0 Å². The molecule has 2 heterocycles. The molecule has 0 radical (unpaired) electrons. The first-order valence-electron chi connectivity index (χ1n) is 15.7. The molecule has 0 spiro atoms. The van der Waals surface area contributed by atoms with E-state index in [1.165, 1.54) is 87.5 Å². The van der Waals surface area contributed by atoms with Gasteiger partial charge in [-0.05, 0) is 110 Å². The lowest BCUT2D eigenvalue weighted by atomic mass is 9.76. The van der Waals surface area contributed by atoms with Gasteiger partial charge in [-0.15, -0.1) is 0 Å².